The van der Waals surface area contributed by atoms with E-state index < -0.39 is 0 Å². The highest BCUT2D eigenvalue weighted by molar-refractivity contribution is 5.92. The van der Waals surface area contributed by atoms with Gasteiger partial charge in [-0.05, 0) is 33.8 Å². The highest BCUT2D eigenvalue weighted by atomic mass is 16.5. The van der Waals surface area contributed by atoms with Gasteiger partial charge in [0.25, 0.3) is 0 Å². The predicted molar refractivity (Wildman–Crippen MR) is 79.0 cm³/mol. The molecular weight excluding hydrogens is 268 g/mol. The van der Waals surface area contributed by atoms with Crippen molar-refractivity contribution in [1.82, 2.24) is 5.32 Å². The maximum atomic E-state index is 12.4. The van der Waals surface area contributed by atoms with Crippen molar-refractivity contribution in [1.29, 1.82) is 0 Å². The Morgan fingerprint density at radius 1 is 1.43 bits per heavy atom. The van der Waals surface area contributed by atoms with Gasteiger partial charge >= 0.3 is 5.97 Å². The van der Waals surface area contributed by atoms with E-state index in [1.807, 2.05) is 39.8 Å². The van der Waals surface area contributed by atoms with Crippen LogP contribution in [0.4, 0.5) is 0 Å². The van der Waals surface area contributed by atoms with Crippen molar-refractivity contribution in [3.8, 4) is 0 Å². The van der Waals surface area contributed by atoms with Crippen molar-refractivity contribution in [2.24, 2.45) is 0 Å². The molecule has 112 valence electrons. The van der Waals surface area contributed by atoms with Gasteiger partial charge in [-0.1, -0.05) is 6.08 Å². The summed E-state index contributed by atoms with van der Waals surface area (Å²) >= 11 is 0. The van der Waals surface area contributed by atoms with Gasteiger partial charge in [-0.3, -0.25) is 0 Å². The fourth-order valence-corrected chi connectivity index (χ4v) is 2.45. The van der Waals surface area contributed by atoms with Crippen LogP contribution in [0.5, 0.6) is 0 Å². The highest BCUT2D eigenvalue weighted by Gasteiger charge is 2.29. The van der Waals surface area contributed by atoms with Gasteiger partial charge in [0.15, 0.2) is 12.4 Å². The Bertz CT molecular complexity index is 618. The monoisotopic (exact) mass is 288 g/mol. The zero-order valence-electron chi connectivity index (χ0n) is 12.7. The number of esters is 1. The predicted octanol–water partition coefficient (Wildman–Crippen LogP) is 2.14. The molecule has 0 fully saturated rings. The molecule has 0 aliphatic carbocycles. The van der Waals surface area contributed by atoms with Crippen LogP contribution in [0.2, 0.25) is 0 Å². The lowest BCUT2D eigenvalue weighted by atomic mass is 9.87. The second-order valence-corrected chi connectivity index (χ2v) is 5.44. The Labute approximate surface area is 124 Å². The minimum atomic E-state index is -0.356. The molecule has 0 saturated heterocycles. The molecule has 0 spiro atoms. The average molecular weight is 288 g/mol. The van der Waals surface area contributed by atoms with Crippen molar-refractivity contribution >= 4 is 5.97 Å². The number of dihydropyridines is 1. The van der Waals surface area contributed by atoms with Crippen LogP contribution in [0.25, 0.3) is 0 Å². The highest BCUT2D eigenvalue weighted by Crippen LogP contribution is 2.32. The lowest BCUT2D eigenvalue weighted by molar-refractivity contribution is -0.605. The number of pyridine rings is 1. The topological polar surface area (TPSA) is 65.3 Å². The summed E-state index contributed by atoms with van der Waals surface area (Å²) in [7, 11) is 0. The summed E-state index contributed by atoms with van der Waals surface area (Å²) in [6.07, 6.45) is 4.64. The third kappa shape index (κ3) is 3.42. The molecule has 2 rings (SSSR count). The van der Waals surface area contributed by atoms with Crippen LogP contribution in [0.15, 0.2) is 47.6 Å². The summed E-state index contributed by atoms with van der Waals surface area (Å²) in [5, 5.41) is 14.7. The summed E-state index contributed by atoms with van der Waals surface area (Å²) in [5.41, 5.74) is 3.01. The lowest BCUT2D eigenvalue weighted by Gasteiger charge is -2.25. The number of hydrogen-bond donors (Lipinski definition) is 1. The van der Waals surface area contributed by atoms with Crippen LogP contribution in [0, 0.1) is 5.21 Å². The van der Waals surface area contributed by atoms with E-state index in [4.69, 9.17) is 4.74 Å². The van der Waals surface area contributed by atoms with Crippen molar-refractivity contribution in [3.05, 3.63) is 58.3 Å². The quantitative estimate of drug-likeness (QED) is 0.526. The van der Waals surface area contributed by atoms with E-state index in [0.717, 1.165) is 21.7 Å². The summed E-state index contributed by atoms with van der Waals surface area (Å²) in [6, 6.07) is 3.51. The smallest absolute Gasteiger partial charge is 0.336 e. The van der Waals surface area contributed by atoms with E-state index in [9.17, 15) is 10.0 Å². The molecule has 1 N–H and O–H groups in total. The summed E-state index contributed by atoms with van der Waals surface area (Å²) < 4.78 is 6.06. The first-order valence-electron chi connectivity index (χ1n) is 6.94. The van der Waals surface area contributed by atoms with Gasteiger partial charge in [0.05, 0.1) is 11.7 Å². The van der Waals surface area contributed by atoms with E-state index in [-0.39, 0.29) is 18.0 Å². The fraction of sp³-hybridized carbons (Fsp3) is 0.375. The molecule has 1 atom stereocenters. The van der Waals surface area contributed by atoms with Gasteiger partial charge in [-0.2, -0.15) is 4.73 Å². The molecule has 5 heteroatoms. The second kappa shape index (κ2) is 5.99. The minimum absolute atomic E-state index is 0.189. The van der Waals surface area contributed by atoms with E-state index in [0.29, 0.717) is 5.57 Å². The summed E-state index contributed by atoms with van der Waals surface area (Å²) in [6.45, 7) is 7.40. The Morgan fingerprint density at radius 2 is 2.14 bits per heavy atom. The molecule has 0 amide bonds. The minimum Gasteiger partial charge on any atom is -0.619 e. The third-order valence-electron chi connectivity index (χ3n) is 3.24. The molecular formula is C16H20N2O3. The van der Waals surface area contributed by atoms with Gasteiger partial charge in [-0.25, -0.2) is 4.79 Å². The number of rotatable bonds is 3. The van der Waals surface area contributed by atoms with Crippen LogP contribution in [-0.2, 0) is 9.53 Å². The van der Waals surface area contributed by atoms with E-state index >= 15 is 0 Å². The number of carbonyl (C=O) groups is 1. The zero-order valence-corrected chi connectivity index (χ0v) is 12.7. The number of ether oxygens (including phenoxy) is 1. The number of allylic oxidation sites excluding steroid dienone is 3. The standard InChI is InChI=1S/C16H20N2O3/c1-10(2)21-16(19)15-12(4)17-11(3)8-14(15)13-6-5-7-18(20)9-13/h5-10,14,17H,1-4H3. The molecule has 0 bridgehead atoms. The molecule has 0 saturated carbocycles. The molecule has 1 aromatic heterocycles. The molecule has 0 aromatic carbocycles. The molecule has 21 heavy (non-hydrogen) atoms. The Kier molecular flexibility index (Phi) is 4.31. The van der Waals surface area contributed by atoms with Crippen molar-refractivity contribution in [3.63, 3.8) is 0 Å². The normalized spacial score (nSPS) is 18.3. The third-order valence-corrected chi connectivity index (χ3v) is 3.24. The van der Waals surface area contributed by atoms with Crippen molar-refractivity contribution in [2.45, 2.75) is 39.7 Å². The SMILES string of the molecule is CC1=CC(c2ccc[n+]([O-])c2)C(C(=O)OC(C)C)=C(C)N1. The van der Waals surface area contributed by atoms with Gasteiger partial charge in [0.2, 0.25) is 0 Å². The average Bonchev–Trinajstić information content (AvgIpc) is 2.36. The van der Waals surface area contributed by atoms with Crippen molar-refractivity contribution < 1.29 is 14.3 Å². The van der Waals surface area contributed by atoms with Crippen LogP contribution in [0.1, 0.15) is 39.2 Å². The van der Waals surface area contributed by atoms with Gasteiger partial charge < -0.3 is 15.3 Å². The van der Waals surface area contributed by atoms with Gasteiger partial charge in [0, 0.05) is 28.9 Å². The van der Waals surface area contributed by atoms with Crippen LogP contribution < -0.4 is 10.0 Å². The first kappa shape index (κ1) is 15.1. The number of hydrogen-bond acceptors (Lipinski definition) is 4. The molecule has 1 aromatic rings. The number of aromatic nitrogens is 1. The summed E-state index contributed by atoms with van der Waals surface area (Å²) in [4.78, 5) is 12.4. The van der Waals surface area contributed by atoms with E-state index in [1.54, 1.807) is 6.07 Å². The van der Waals surface area contributed by atoms with E-state index in [2.05, 4.69) is 5.32 Å². The van der Waals surface area contributed by atoms with Crippen LogP contribution in [0.3, 0.4) is 0 Å². The lowest BCUT2D eigenvalue weighted by Crippen LogP contribution is -2.29. The molecule has 1 aliphatic heterocycles. The Hall–Kier alpha value is -2.30. The first-order valence-corrected chi connectivity index (χ1v) is 6.94. The fourth-order valence-electron chi connectivity index (χ4n) is 2.45. The molecule has 1 unspecified atom stereocenters. The van der Waals surface area contributed by atoms with Gasteiger partial charge in [-0.15, -0.1) is 0 Å². The number of nitrogens with one attached hydrogen (secondary N) is 1. The maximum Gasteiger partial charge on any atom is 0.336 e. The molecule has 1 aliphatic rings. The summed E-state index contributed by atoms with van der Waals surface area (Å²) in [5.74, 6) is -0.635. The largest absolute Gasteiger partial charge is 0.619 e. The number of nitrogens with zero attached hydrogens (tertiary/aromatic N) is 1. The van der Waals surface area contributed by atoms with E-state index in [1.165, 1.54) is 12.4 Å². The van der Waals surface area contributed by atoms with Crippen LogP contribution in [-0.4, -0.2) is 12.1 Å². The Balaban J connectivity index is 2.44. The zero-order chi connectivity index (χ0) is 15.6. The first-order chi connectivity index (χ1) is 9.88. The molecule has 2 heterocycles. The van der Waals surface area contributed by atoms with Gasteiger partial charge in [0.1, 0.15) is 0 Å². The molecule has 0 radical (unpaired) electrons. The van der Waals surface area contributed by atoms with Crippen molar-refractivity contribution in [2.75, 3.05) is 0 Å². The maximum absolute atomic E-state index is 12.4. The Morgan fingerprint density at radius 3 is 2.76 bits per heavy atom. The molecule has 5 nitrogen and oxygen atoms in total. The number of carbonyl (C=O) groups excluding carboxylic acids is 1. The second-order valence-electron chi connectivity index (χ2n) is 5.44. The van der Waals surface area contributed by atoms with Crippen LogP contribution >= 0.6 is 0 Å².